The number of rotatable bonds is 7. The summed E-state index contributed by atoms with van der Waals surface area (Å²) in [7, 11) is 0. The first-order valence-electron chi connectivity index (χ1n) is 7.61. The topological polar surface area (TPSA) is 15.3 Å². The largest absolute Gasteiger partial charge is 0.314 e. The molecule has 0 aliphatic carbocycles. The smallest absolute Gasteiger partial charge is 0.00912 e. The number of hydrogen-bond acceptors (Lipinski definition) is 2. The van der Waals surface area contributed by atoms with Crippen molar-refractivity contribution in [2.45, 2.75) is 71.9 Å². The second kappa shape index (κ2) is 8.10. The van der Waals surface area contributed by atoms with Gasteiger partial charge >= 0.3 is 0 Å². The van der Waals surface area contributed by atoms with Crippen molar-refractivity contribution in [2.75, 3.05) is 19.6 Å². The number of likely N-dealkylation sites (tertiary alicyclic amines) is 1. The first kappa shape index (κ1) is 15.0. The third kappa shape index (κ3) is 5.87. The molecule has 0 radical (unpaired) electrons. The van der Waals surface area contributed by atoms with E-state index in [2.05, 4.69) is 37.9 Å². The zero-order valence-electron chi connectivity index (χ0n) is 12.3. The molecule has 0 aromatic carbocycles. The van der Waals surface area contributed by atoms with Crippen molar-refractivity contribution in [3.05, 3.63) is 0 Å². The van der Waals surface area contributed by atoms with Crippen LogP contribution in [0, 0.1) is 5.92 Å². The first-order chi connectivity index (χ1) is 8.13. The Balaban J connectivity index is 2.14. The molecule has 1 saturated heterocycles. The first-order valence-corrected chi connectivity index (χ1v) is 7.61. The minimum absolute atomic E-state index is 0.777. The fourth-order valence-electron chi connectivity index (χ4n) is 2.84. The van der Waals surface area contributed by atoms with E-state index in [1.807, 2.05) is 0 Å². The van der Waals surface area contributed by atoms with Gasteiger partial charge in [0.05, 0.1) is 0 Å². The van der Waals surface area contributed by atoms with Gasteiger partial charge in [-0.3, -0.25) is 0 Å². The summed E-state index contributed by atoms with van der Waals surface area (Å²) >= 11 is 0. The molecule has 1 N–H and O–H groups in total. The normalized spacial score (nSPS) is 21.0. The van der Waals surface area contributed by atoms with E-state index >= 15 is 0 Å². The number of nitrogens with one attached hydrogen (secondary N) is 1. The summed E-state index contributed by atoms with van der Waals surface area (Å²) in [6.45, 7) is 13.0. The van der Waals surface area contributed by atoms with E-state index in [0.29, 0.717) is 0 Å². The summed E-state index contributed by atoms with van der Waals surface area (Å²) < 4.78 is 0. The monoisotopic (exact) mass is 240 g/mol. The third-order valence-electron chi connectivity index (χ3n) is 4.05. The standard InChI is InChI=1S/C15H32N2/c1-5-16-15-9-11-17(12-10-15)14(4)8-6-7-13(2)3/h13-16H,5-12H2,1-4H3. The second-order valence-corrected chi connectivity index (χ2v) is 6.04. The van der Waals surface area contributed by atoms with Crippen LogP contribution in [0.5, 0.6) is 0 Å². The molecule has 0 bridgehead atoms. The third-order valence-corrected chi connectivity index (χ3v) is 4.05. The molecular weight excluding hydrogens is 208 g/mol. The summed E-state index contributed by atoms with van der Waals surface area (Å²) in [6, 6.07) is 1.57. The average Bonchev–Trinajstić information content (AvgIpc) is 2.30. The number of piperidine rings is 1. The highest BCUT2D eigenvalue weighted by Crippen LogP contribution is 2.17. The van der Waals surface area contributed by atoms with Crippen LogP contribution in [0.2, 0.25) is 0 Å². The van der Waals surface area contributed by atoms with Crippen molar-refractivity contribution in [2.24, 2.45) is 5.92 Å². The van der Waals surface area contributed by atoms with Gasteiger partial charge in [-0.05, 0) is 51.7 Å². The summed E-state index contributed by atoms with van der Waals surface area (Å²) in [6.07, 6.45) is 6.83. The van der Waals surface area contributed by atoms with Gasteiger partial charge in [0.15, 0.2) is 0 Å². The lowest BCUT2D eigenvalue weighted by molar-refractivity contribution is 0.144. The molecular formula is C15H32N2. The number of hydrogen-bond donors (Lipinski definition) is 1. The van der Waals surface area contributed by atoms with Crippen molar-refractivity contribution >= 4 is 0 Å². The molecule has 0 amide bonds. The summed E-state index contributed by atoms with van der Waals surface area (Å²) in [4.78, 5) is 2.69. The second-order valence-electron chi connectivity index (χ2n) is 6.04. The van der Waals surface area contributed by atoms with Crippen LogP contribution in [-0.2, 0) is 0 Å². The van der Waals surface area contributed by atoms with Gasteiger partial charge in [-0.15, -0.1) is 0 Å². The predicted octanol–water partition coefficient (Wildman–Crippen LogP) is 3.28. The molecule has 1 fully saturated rings. The molecule has 0 aromatic rings. The maximum Gasteiger partial charge on any atom is 0.00912 e. The van der Waals surface area contributed by atoms with E-state index in [-0.39, 0.29) is 0 Å². The fourth-order valence-corrected chi connectivity index (χ4v) is 2.84. The fraction of sp³-hybridized carbons (Fsp3) is 1.00. The Morgan fingerprint density at radius 1 is 1.12 bits per heavy atom. The maximum absolute atomic E-state index is 3.58. The van der Waals surface area contributed by atoms with Gasteiger partial charge in [0, 0.05) is 12.1 Å². The Morgan fingerprint density at radius 2 is 1.76 bits per heavy atom. The lowest BCUT2D eigenvalue weighted by Crippen LogP contribution is -2.45. The highest BCUT2D eigenvalue weighted by molar-refractivity contribution is 4.79. The highest BCUT2D eigenvalue weighted by Gasteiger charge is 2.21. The van der Waals surface area contributed by atoms with E-state index in [1.54, 1.807) is 0 Å². The molecule has 1 aliphatic rings. The molecule has 102 valence electrons. The van der Waals surface area contributed by atoms with Gasteiger partial charge in [0.25, 0.3) is 0 Å². The average molecular weight is 240 g/mol. The molecule has 1 rings (SSSR count). The minimum Gasteiger partial charge on any atom is -0.314 e. The van der Waals surface area contributed by atoms with Crippen LogP contribution >= 0.6 is 0 Å². The summed E-state index contributed by atoms with van der Waals surface area (Å²) in [5, 5.41) is 3.58. The van der Waals surface area contributed by atoms with E-state index < -0.39 is 0 Å². The summed E-state index contributed by atoms with van der Waals surface area (Å²) in [5.41, 5.74) is 0. The Bertz CT molecular complexity index is 183. The van der Waals surface area contributed by atoms with Crippen molar-refractivity contribution in [3.8, 4) is 0 Å². The van der Waals surface area contributed by atoms with Crippen LogP contribution in [0.4, 0.5) is 0 Å². The lowest BCUT2D eigenvalue weighted by Gasteiger charge is -2.36. The van der Waals surface area contributed by atoms with Crippen LogP contribution in [-0.4, -0.2) is 36.6 Å². The minimum atomic E-state index is 0.777. The quantitative estimate of drug-likeness (QED) is 0.735. The Kier molecular flexibility index (Phi) is 7.14. The van der Waals surface area contributed by atoms with Gasteiger partial charge < -0.3 is 10.2 Å². The van der Waals surface area contributed by atoms with Crippen LogP contribution in [0.1, 0.15) is 59.8 Å². The van der Waals surface area contributed by atoms with Crippen molar-refractivity contribution in [1.29, 1.82) is 0 Å². The molecule has 0 saturated carbocycles. The Hall–Kier alpha value is -0.0800. The molecule has 17 heavy (non-hydrogen) atoms. The van der Waals surface area contributed by atoms with Gasteiger partial charge in [0.1, 0.15) is 0 Å². The molecule has 1 atom stereocenters. The lowest BCUT2D eigenvalue weighted by atomic mass is 9.99. The maximum atomic E-state index is 3.58. The van der Waals surface area contributed by atoms with E-state index in [0.717, 1.165) is 24.5 Å². The molecule has 2 heteroatoms. The van der Waals surface area contributed by atoms with Crippen LogP contribution in [0.3, 0.4) is 0 Å². The number of nitrogens with zero attached hydrogens (tertiary/aromatic N) is 1. The van der Waals surface area contributed by atoms with Crippen molar-refractivity contribution in [1.82, 2.24) is 10.2 Å². The molecule has 1 aliphatic heterocycles. The summed E-state index contributed by atoms with van der Waals surface area (Å²) in [5.74, 6) is 0.863. The van der Waals surface area contributed by atoms with E-state index in [1.165, 1.54) is 45.2 Å². The molecule has 2 nitrogen and oxygen atoms in total. The zero-order valence-corrected chi connectivity index (χ0v) is 12.3. The Morgan fingerprint density at radius 3 is 2.29 bits per heavy atom. The van der Waals surface area contributed by atoms with Gasteiger partial charge in [0.2, 0.25) is 0 Å². The predicted molar refractivity (Wildman–Crippen MR) is 76.4 cm³/mol. The van der Waals surface area contributed by atoms with Crippen LogP contribution in [0.25, 0.3) is 0 Å². The SMILES string of the molecule is CCNC1CCN(C(C)CCCC(C)C)CC1. The van der Waals surface area contributed by atoms with E-state index in [9.17, 15) is 0 Å². The molecule has 0 aromatic heterocycles. The zero-order chi connectivity index (χ0) is 12.7. The molecule has 1 heterocycles. The molecule has 1 unspecified atom stereocenters. The van der Waals surface area contributed by atoms with Crippen LogP contribution < -0.4 is 5.32 Å². The van der Waals surface area contributed by atoms with Gasteiger partial charge in [-0.1, -0.05) is 33.6 Å². The van der Waals surface area contributed by atoms with Gasteiger partial charge in [-0.25, -0.2) is 0 Å². The Labute approximate surface area is 108 Å². The van der Waals surface area contributed by atoms with Crippen molar-refractivity contribution < 1.29 is 0 Å². The van der Waals surface area contributed by atoms with E-state index in [4.69, 9.17) is 0 Å². The highest BCUT2D eigenvalue weighted by atomic mass is 15.2. The van der Waals surface area contributed by atoms with Crippen molar-refractivity contribution in [3.63, 3.8) is 0 Å². The van der Waals surface area contributed by atoms with Crippen LogP contribution in [0.15, 0.2) is 0 Å². The van der Waals surface area contributed by atoms with Gasteiger partial charge in [-0.2, -0.15) is 0 Å². The molecule has 0 spiro atoms.